The van der Waals surface area contributed by atoms with Gasteiger partial charge in [-0.1, -0.05) is 29.8 Å². The van der Waals surface area contributed by atoms with Crippen LogP contribution in [0.15, 0.2) is 36.4 Å². The fourth-order valence-electron chi connectivity index (χ4n) is 2.97. The van der Waals surface area contributed by atoms with Gasteiger partial charge in [-0.2, -0.15) is 0 Å². The fourth-order valence-corrected chi connectivity index (χ4v) is 2.97. The number of ketones is 1. The van der Waals surface area contributed by atoms with Crippen LogP contribution in [0.1, 0.15) is 65.3 Å². The molecule has 4 nitrogen and oxygen atoms in total. The molecule has 0 radical (unpaired) electrons. The smallest absolute Gasteiger partial charge is 0.220 e. The van der Waals surface area contributed by atoms with Crippen molar-refractivity contribution in [3.05, 3.63) is 64.2 Å². The van der Waals surface area contributed by atoms with Crippen molar-refractivity contribution >= 4 is 11.7 Å². The van der Waals surface area contributed by atoms with Crippen molar-refractivity contribution in [2.45, 2.75) is 53.5 Å². The minimum absolute atomic E-state index is 0.00790. The molecule has 0 saturated carbocycles. The summed E-state index contributed by atoms with van der Waals surface area (Å²) in [5, 5.41) is 2.98. The first-order valence-corrected chi connectivity index (χ1v) is 9.45. The zero-order valence-electron chi connectivity index (χ0n) is 16.9. The lowest BCUT2D eigenvalue weighted by atomic mass is 10.0. The number of ether oxygens (including phenoxy) is 1. The van der Waals surface area contributed by atoms with Crippen molar-refractivity contribution in [3.63, 3.8) is 0 Å². The molecule has 0 saturated heterocycles. The van der Waals surface area contributed by atoms with E-state index in [1.54, 1.807) is 0 Å². The Balaban J connectivity index is 1.96. The number of rotatable bonds is 8. The molecule has 4 heteroatoms. The molecule has 0 spiro atoms. The Kier molecular flexibility index (Phi) is 7.17. The highest BCUT2D eigenvalue weighted by atomic mass is 16.5. The summed E-state index contributed by atoms with van der Waals surface area (Å²) in [5.41, 5.74) is 4.96. The number of hydrogen-bond donors (Lipinski definition) is 1. The molecule has 144 valence electrons. The van der Waals surface area contributed by atoms with E-state index >= 15 is 0 Å². The molecule has 1 N–H and O–H groups in total. The van der Waals surface area contributed by atoms with Gasteiger partial charge in [0.15, 0.2) is 5.78 Å². The van der Waals surface area contributed by atoms with Crippen LogP contribution in [0.4, 0.5) is 0 Å². The van der Waals surface area contributed by atoms with Crippen molar-refractivity contribution < 1.29 is 14.3 Å². The van der Waals surface area contributed by atoms with Crippen LogP contribution in [0.25, 0.3) is 0 Å². The van der Waals surface area contributed by atoms with Gasteiger partial charge in [0.05, 0.1) is 12.6 Å². The number of hydrogen-bond acceptors (Lipinski definition) is 3. The zero-order chi connectivity index (χ0) is 20.0. The van der Waals surface area contributed by atoms with Crippen molar-refractivity contribution in [2.75, 3.05) is 6.61 Å². The molecule has 27 heavy (non-hydrogen) atoms. The van der Waals surface area contributed by atoms with Gasteiger partial charge >= 0.3 is 0 Å². The standard InChI is InChI=1S/C23H29NO3/c1-6-27-22-11-7-15(2)13-20(22)18(5)24-23(26)12-10-21(25)19-9-8-16(3)17(4)14-19/h7-9,11,13-14,18H,6,10,12H2,1-5H3,(H,24,26). The van der Waals surface area contributed by atoms with Crippen LogP contribution in [0, 0.1) is 20.8 Å². The second-order valence-corrected chi connectivity index (χ2v) is 6.99. The normalized spacial score (nSPS) is 11.7. The first-order chi connectivity index (χ1) is 12.8. The van der Waals surface area contributed by atoms with E-state index in [9.17, 15) is 9.59 Å². The van der Waals surface area contributed by atoms with Gasteiger partial charge in [0.2, 0.25) is 5.91 Å². The number of carbonyl (C=O) groups excluding carboxylic acids is 2. The number of carbonyl (C=O) groups is 2. The maximum atomic E-state index is 12.4. The van der Waals surface area contributed by atoms with Gasteiger partial charge in [0.25, 0.3) is 0 Å². The van der Waals surface area contributed by atoms with E-state index in [4.69, 9.17) is 4.74 Å². The number of nitrogens with one attached hydrogen (secondary N) is 1. The van der Waals surface area contributed by atoms with Gasteiger partial charge in [0.1, 0.15) is 5.75 Å². The van der Waals surface area contributed by atoms with Gasteiger partial charge < -0.3 is 10.1 Å². The van der Waals surface area contributed by atoms with Gasteiger partial charge in [-0.15, -0.1) is 0 Å². The van der Waals surface area contributed by atoms with E-state index < -0.39 is 0 Å². The summed E-state index contributed by atoms with van der Waals surface area (Å²) in [6.45, 7) is 10.4. The van der Waals surface area contributed by atoms with Crippen molar-refractivity contribution in [2.24, 2.45) is 0 Å². The Hall–Kier alpha value is -2.62. The highest BCUT2D eigenvalue weighted by molar-refractivity contribution is 5.98. The van der Waals surface area contributed by atoms with Gasteiger partial charge in [-0.3, -0.25) is 9.59 Å². The second-order valence-electron chi connectivity index (χ2n) is 6.99. The Bertz CT molecular complexity index is 826. The van der Waals surface area contributed by atoms with Crippen LogP contribution >= 0.6 is 0 Å². The molecule has 2 aromatic carbocycles. The third kappa shape index (κ3) is 5.68. The lowest BCUT2D eigenvalue weighted by Crippen LogP contribution is -2.27. The summed E-state index contributed by atoms with van der Waals surface area (Å²) >= 11 is 0. The molecule has 1 amide bonds. The molecule has 0 heterocycles. The summed E-state index contributed by atoms with van der Waals surface area (Å²) in [7, 11) is 0. The SMILES string of the molecule is CCOc1ccc(C)cc1C(C)NC(=O)CCC(=O)c1ccc(C)c(C)c1. The zero-order valence-corrected chi connectivity index (χ0v) is 16.9. The van der Waals surface area contributed by atoms with Gasteiger partial charge in [0, 0.05) is 24.0 Å². The minimum Gasteiger partial charge on any atom is -0.494 e. The van der Waals surface area contributed by atoms with E-state index in [2.05, 4.69) is 5.32 Å². The topological polar surface area (TPSA) is 55.4 Å². The molecule has 2 rings (SSSR count). The predicted octanol–water partition coefficient (Wildman–Crippen LogP) is 4.85. The van der Waals surface area contributed by atoms with E-state index in [0.29, 0.717) is 12.2 Å². The molecule has 0 aliphatic rings. The van der Waals surface area contributed by atoms with E-state index in [1.807, 2.05) is 71.0 Å². The lowest BCUT2D eigenvalue weighted by molar-refractivity contribution is -0.121. The van der Waals surface area contributed by atoms with Crippen LogP contribution in [0.2, 0.25) is 0 Å². The number of Topliss-reactive ketones (excluding diaryl/α,β-unsaturated/α-hetero) is 1. The Morgan fingerprint density at radius 3 is 2.41 bits per heavy atom. The van der Waals surface area contributed by atoms with E-state index in [1.165, 1.54) is 0 Å². The van der Waals surface area contributed by atoms with Gasteiger partial charge in [-0.25, -0.2) is 0 Å². The minimum atomic E-state index is -0.185. The van der Waals surface area contributed by atoms with Crippen LogP contribution in [0.5, 0.6) is 5.75 Å². The molecule has 0 aromatic heterocycles. The van der Waals surface area contributed by atoms with E-state index in [-0.39, 0.29) is 30.6 Å². The summed E-state index contributed by atoms with van der Waals surface area (Å²) < 4.78 is 5.67. The lowest BCUT2D eigenvalue weighted by Gasteiger charge is -2.18. The Morgan fingerprint density at radius 1 is 1.00 bits per heavy atom. The fraction of sp³-hybridized carbons (Fsp3) is 0.391. The van der Waals surface area contributed by atoms with Crippen molar-refractivity contribution in [1.82, 2.24) is 5.32 Å². The molecule has 1 unspecified atom stereocenters. The molecule has 0 aliphatic heterocycles. The molecule has 0 fully saturated rings. The van der Waals surface area contributed by atoms with Crippen LogP contribution in [0.3, 0.4) is 0 Å². The van der Waals surface area contributed by atoms with Gasteiger partial charge in [-0.05, 0) is 57.9 Å². The van der Waals surface area contributed by atoms with E-state index in [0.717, 1.165) is 28.0 Å². The Labute approximate surface area is 161 Å². The van der Waals surface area contributed by atoms with Crippen molar-refractivity contribution in [1.29, 1.82) is 0 Å². The van der Waals surface area contributed by atoms with Crippen LogP contribution < -0.4 is 10.1 Å². The summed E-state index contributed by atoms with van der Waals surface area (Å²) in [5.74, 6) is 0.636. The summed E-state index contributed by atoms with van der Waals surface area (Å²) in [6, 6.07) is 11.4. The largest absolute Gasteiger partial charge is 0.494 e. The number of amides is 1. The predicted molar refractivity (Wildman–Crippen MR) is 108 cm³/mol. The highest BCUT2D eigenvalue weighted by Crippen LogP contribution is 2.26. The average molecular weight is 367 g/mol. The molecule has 1 atom stereocenters. The average Bonchev–Trinajstić information content (AvgIpc) is 2.63. The molecular weight excluding hydrogens is 338 g/mol. The Morgan fingerprint density at radius 2 is 1.74 bits per heavy atom. The number of benzene rings is 2. The first-order valence-electron chi connectivity index (χ1n) is 9.45. The highest BCUT2D eigenvalue weighted by Gasteiger charge is 2.16. The molecular formula is C23H29NO3. The van der Waals surface area contributed by atoms with Crippen LogP contribution in [-0.4, -0.2) is 18.3 Å². The number of aryl methyl sites for hydroxylation is 3. The molecule has 0 bridgehead atoms. The molecule has 2 aromatic rings. The second kappa shape index (κ2) is 9.36. The third-order valence-electron chi connectivity index (χ3n) is 4.72. The van der Waals surface area contributed by atoms with Crippen LogP contribution in [-0.2, 0) is 4.79 Å². The third-order valence-corrected chi connectivity index (χ3v) is 4.72. The quantitative estimate of drug-likeness (QED) is 0.679. The summed E-state index contributed by atoms with van der Waals surface area (Å²) in [4.78, 5) is 24.7. The monoisotopic (exact) mass is 367 g/mol. The van der Waals surface area contributed by atoms with Crippen molar-refractivity contribution in [3.8, 4) is 5.75 Å². The maximum absolute atomic E-state index is 12.4. The summed E-state index contributed by atoms with van der Waals surface area (Å²) in [6.07, 6.45) is 0.374. The first kappa shape index (κ1) is 20.7. The maximum Gasteiger partial charge on any atom is 0.220 e. The molecule has 0 aliphatic carbocycles.